The lowest BCUT2D eigenvalue weighted by Crippen LogP contribution is -2.05. The molecular weight excluding hydrogens is 424 g/mol. The standard InChI is InChI=1S/C16H30O2.C5H8O3.C5H8O2/c1-4-5-6-7-8-9-10-11-12-13-14-18-16(17)15(2)3;1-4(2-3-6)5(7)8;1-4(2)5(6)7-3/h2,4-14H2,1,3H3;6H,1-3H2,(H,7,8);1H2,2-3H3. The van der Waals surface area contributed by atoms with E-state index in [0.717, 1.165) is 6.42 Å². The Morgan fingerprint density at radius 2 is 1.18 bits per heavy atom. The summed E-state index contributed by atoms with van der Waals surface area (Å²) in [7, 11) is 1.33. The summed E-state index contributed by atoms with van der Waals surface area (Å²) < 4.78 is 9.31. The molecule has 0 heterocycles. The molecular formula is C26H46O7. The predicted molar refractivity (Wildman–Crippen MR) is 133 cm³/mol. The van der Waals surface area contributed by atoms with Gasteiger partial charge in [0.2, 0.25) is 0 Å². The van der Waals surface area contributed by atoms with Crippen molar-refractivity contribution in [2.75, 3.05) is 20.3 Å². The lowest BCUT2D eigenvalue weighted by molar-refractivity contribution is -0.139. The van der Waals surface area contributed by atoms with Crippen LogP contribution in [0.2, 0.25) is 0 Å². The molecule has 7 heteroatoms. The van der Waals surface area contributed by atoms with Crippen molar-refractivity contribution in [3.05, 3.63) is 36.5 Å². The Morgan fingerprint density at radius 1 is 0.758 bits per heavy atom. The fraction of sp³-hybridized carbons (Fsp3) is 0.654. The summed E-state index contributed by atoms with van der Waals surface area (Å²) >= 11 is 0. The quantitative estimate of drug-likeness (QED) is 0.167. The van der Waals surface area contributed by atoms with Gasteiger partial charge in [0.1, 0.15) is 0 Å². The molecule has 0 bridgehead atoms. The van der Waals surface area contributed by atoms with E-state index in [1.54, 1.807) is 13.8 Å². The van der Waals surface area contributed by atoms with Crippen LogP contribution in [-0.2, 0) is 23.9 Å². The molecule has 0 aromatic heterocycles. The van der Waals surface area contributed by atoms with Gasteiger partial charge in [-0.2, -0.15) is 0 Å². The molecule has 0 aromatic carbocycles. The highest BCUT2D eigenvalue weighted by molar-refractivity contribution is 5.87. The maximum atomic E-state index is 11.1. The minimum atomic E-state index is -1.04. The lowest BCUT2D eigenvalue weighted by atomic mass is 10.1. The van der Waals surface area contributed by atoms with Crippen LogP contribution in [0.3, 0.4) is 0 Å². The third kappa shape index (κ3) is 29.6. The molecule has 0 aliphatic rings. The molecule has 0 unspecified atom stereocenters. The molecule has 0 radical (unpaired) electrons. The number of esters is 2. The van der Waals surface area contributed by atoms with Crippen LogP contribution >= 0.6 is 0 Å². The van der Waals surface area contributed by atoms with Gasteiger partial charge in [-0.05, 0) is 20.3 Å². The Balaban J connectivity index is -0.000000493. The van der Waals surface area contributed by atoms with E-state index in [1.165, 1.54) is 64.9 Å². The Bertz CT molecular complexity index is 579. The minimum absolute atomic E-state index is 0.0486. The van der Waals surface area contributed by atoms with Gasteiger partial charge in [-0.3, -0.25) is 0 Å². The van der Waals surface area contributed by atoms with Crippen LogP contribution in [0.5, 0.6) is 0 Å². The van der Waals surface area contributed by atoms with E-state index in [1.807, 2.05) is 0 Å². The highest BCUT2D eigenvalue weighted by Gasteiger charge is 2.02. The summed E-state index contributed by atoms with van der Waals surface area (Å²) in [5.74, 6) is -1.65. The van der Waals surface area contributed by atoms with E-state index in [9.17, 15) is 14.4 Å². The zero-order chi connectivity index (χ0) is 26.1. The number of ether oxygens (including phenoxy) is 2. The highest BCUT2D eigenvalue weighted by Crippen LogP contribution is 2.10. The Hall–Kier alpha value is -2.41. The number of carbonyl (C=O) groups excluding carboxylic acids is 2. The molecule has 0 fully saturated rings. The number of aliphatic hydroxyl groups is 1. The largest absolute Gasteiger partial charge is 0.478 e. The lowest BCUT2D eigenvalue weighted by Gasteiger charge is -2.04. The average Bonchev–Trinajstić information content (AvgIpc) is 2.77. The number of rotatable bonds is 16. The van der Waals surface area contributed by atoms with E-state index >= 15 is 0 Å². The second kappa shape index (κ2) is 25.8. The molecule has 0 atom stereocenters. The topological polar surface area (TPSA) is 110 Å². The fourth-order valence-corrected chi connectivity index (χ4v) is 2.29. The minimum Gasteiger partial charge on any atom is -0.478 e. The molecule has 0 spiro atoms. The SMILES string of the molecule is C=C(C)C(=O)OC.C=C(C)C(=O)OCCCCCCCCCCCC.C=C(CCO)C(=O)O. The molecule has 0 aliphatic carbocycles. The normalized spacial score (nSPS) is 9.36. The van der Waals surface area contributed by atoms with E-state index < -0.39 is 5.97 Å². The predicted octanol–water partition coefficient (Wildman–Crippen LogP) is 5.77. The summed E-state index contributed by atoms with van der Waals surface area (Å²) in [6.07, 6.45) is 13.1. The van der Waals surface area contributed by atoms with Gasteiger partial charge in [-0.1, -0.05) is 84.4 Å². The number of carbonyl (C=O) groups is 3. The van der Waals surface area contributed by atoms with E-state index in [0.29, 0.717) is 17.8 Å². The summed E-state index contributed by atoms with van der Waals surface area (Å²) in [6, 6.07) is 0. The first kappa shape index (κ1) is 35.2. The molecule has 33 heavy (non-hydrogen) atoms. The van der Waals surface area contributed by atoms with Crippen LogP contribution in [-0.4, -0.2) is 48.4 Å². The van der Waals surface area contributed by atoms with Gasteiger partial charge < -0.3 is 19.7 Å². The van der Waals surface area contributed by atoms with Gasteiger partial charge in [-0.15, -0.1) is 0 Å². The Kier molecular flexibility index (Phi) is 27.6. The average molecular weight is 471 g/mol. The van der Waals surface area contributed by atoms with Gasteiger partial charge in [0.05, 0.1) is 13.7 Å². The van der Waals surface area contributed by atoms with E-state index in [4.69, 9.17) is 14.9 Å². The summed E-state index contributed by atoms with van der Waals surface area (Å²) in [6.45, 7) is 16.0. The first-order valence-electron chi connectivity index (χ1n) is 11.6. The first-order valence-corrected chi connectivity index (χ1v) is 11.6. The van der Waals surface area contributed by atoms with Crippen molar-refractivity contribution in [1.29, 1.82) is 0 Å². The second-order valence-corrected chi connectivity index (χ2v) is 7.75. The Labute approximate surface area is 200 Å². The molecule has 0 saturated heterocycles. The molecule has 0 amide bonds. The van der Waals surface area contributed by atoms with Crippen molar-refractivity contribution in [3.8, 4) is 0 Å². The maximum absolute atomic E-state index is 11.1. The van der Waals surface area contributed by atoms with Crippen LogP contribution in [0.1, 0.15) is 91.4 Å². The van der Waals surface area contributed by atoms with E-state index in [-0.39, 0.29) is 30.5 Å². The van der Waals surface area contributed by atoms with Crippen molar-refractivity contribution in [3.63, 3.8) is 0 Å². The van der Waals surface area contributed by atoms with Crippen molar-refractivity contribution in [2.45, 2.75) is 91.4 Å². The second-order valence-electron chi connectivity index (χ2n) is 7.75. The van der Waals surface area contributed by atoms with Crippen molar-refractivity contribution >= 4 is 17.9 Å². The van der Waals surface area contributed by atoms with E-state index in [2.05, 4.69) is 31.4 Å². The van der Waals surface area contributed by atoms with Gasteiger partial charge >= 0.3 is 17.9 Å². The molecule has 0 aliphatic heterocycles. The van der Waals surface area contributed by atoms with Crippen LogP contribution in [0, 0.1) is 0 Å². The molecule has 0 rings (SSSR count). The molecule has 0 saturated carbocycles. The summed E-state index contributed by atoms with van der Waals surface area (Å²) in [5, 5.41) is 16.3. The molecule has 7 nitrogen and oxygen atoms in total. The fourth-order valence-electron chi connectivity index (χ4n) is 2.29. The van der Waals surface area contributed by atoms with Crippen molar-refractivity contribution < 1.29 is 34.1 Å². The zero-order valence-corrected chi connectivity index (χ0v) is 21.2. The van der Waals surface area contributed by atoms with Gasteiger partial charge in [0, 0.05) is 29.7 Å². The Morgan fingerprint density at radius 3 is 1.45 bits per heavy atom. The number of hydrogen-bond acceptors (Lipinski definition) is 6. The zero-order valence-electron chi connectivity index (χ0n) is 21.2. The number of methoxy groups -OCH3 is 1. The number of aliphatic carboxylic acids is 1. The van der Waals surface area contributed by atoms with Crippen LogP contribution in [0.15, 0.2) is 36.5 Å². The number of carboxylic acids is 1. The van der Waals surface area contributed by atoms with Crippen molar-refractivity contribution in [2.24, 2.45) is 0 Å². The number of hydrogen-bond donors (Lipinski definition) is 2. The summed E-state index contributed by atoms with van der Waals surface area (Å²) in [5.41, 5.74) is 0.970. The van der Waals surface area contributed by atoms with Crippen LogP contribution in [0.25, 0.3) is 0 Å². The molecule has 192 valence electrons. The monoisotopic (exact) mass is 470 g/mol. The summed E-state index contributed by atoms with van der Waals surface area (Å²) in [4.78, 5) is 31.1. The maximum Gasteiger partial charge on any atom is 0.333 e. The third-order valence-electron chi connectivity index (χ3n) is 4.33. The third-order valence-corrected chi connectivity index (χ3v) is 4.33. The highest BCUT2D eigenvalue weighted by atomic mass is 16.5. The van der Waals surface area contributed by atoms with Crippen molar-refractivity contribution in [1.82, 2.24) is 0 Å². The smallest absolute Gasteiger partial charge is 0.333 e. The first-order chi connectivity index (χ1) is 15.5. The van der Waals surface area contributed by atoms with Gasteiger partial charge in [-0.25, -0.2) is 14.4 Å². The van der Waals surface area contributed by atoms with Crippen LogP contribution < -0.4 is 0 Å². The number of carboxylic acid groups (broad SMARTS) is 1. The number of unbranched alkanes of at least 4 members (excludes halogenated alkanes) is 9. The van der Waals surface area contributed by atoms with Gasteiger partial charge in [0.25, 0.3) is 0 Å². The van der Waals surface area contributed by atoms with Gasteiger partial charge in [0.15, 0.2) is 0 Å². The molecule has 0 aromatic rings. The number of aliphatic hydroxyl groups excluding tert-OH is 1. The molecule has 2 N–H and O–H groups in total. The van der Waals surface area contributed by atoms with Crippen LogP contribution in [0.4, 0.5) is 0 Å².